The van der Waals surface area contributed by atoms with E-state index in [1.807, 2.05) is 25.1 Å². The van der Waals surface area contributed by atoms with Crippen molar-refractivity contribution in [3.63, 3.8) is 0 Å². The summed E-state index contributed by atoms with van der Waals surface area (Å²) in [6.45, 7) is 8.05. The number of nitrogens with zero attached hydrogens (tertiary/aromatic N) is 2. The number of hydrogen-bond acceptors (Lipinski definition) is 6. The molecule has 0 saturated carbocycles. The van der Waals surface area contributed by atoms with Gasteiger partial charge in [-0.1, -0.05) is 32.0 Å². The minimum atomic E-state index is -0.499. The second-order valence-corrected chi connectivity index (χ2v) is 7.69. The topological polar surface area (TPSA) is 81.9 Å². The van der Waals surface area contributed by atoms with Crippen molar-refractivity contribution in [1.29, 1.82) is 0 Å². The van der Waals surface area contributed by atoms with E-state index in [9.17, 15) is 9.59 Å². The molecule has 0 spiro atoms. The number of benzene rings is 1. The first kappa shape index (κ1) is 23.1. The number of aryl methyl sites for hydroxylation is 1. The zero-order valence-corrected chi connectivity index (χ0v) is 18.8. The highest BCUT2D eigenvalue weighted by atomic mass is 16.6. The van der Waals surface area contributed by atoms with Crippen LogP contribution in [0.2, 0.25) is 0 Å². The summed E-state index contributed by atoms with van der Waals surface area (Å²) in [6.07, 6.45) is 1.63. The zero-order valence-electron chi connectivity index (χ0n) is 18.8. The lowest BCUT2D eigenvalue weighted by Crippen LogP contribution is -2.36. The molecule has 0 aliphatic heterocycles. The largest absolute Gasteiger partial charge is 0.465 e. The van der Waals surface area contributed by atoms with Crippen LogP contribution >= 0.6 is 0 Å². The monoisotopic (exact) mass is 436 g/mol. The van der Waals surface area contributed by atoms with Crippen LogP contribution < -0.4 is 4.74 Å². The van der Waals surface area contributed by atoms with Crippen molar-refractivity contribution in [2.45, 2.75) is 40.2 Å². The van der Waals surface area contributed by atoms with Crippen molar-refractivity contribution in [2.24, 2.45) is 0 Å². The third-order valence-electron chi connectivity index (χ3n) is 4.87. The minimum Gasteiger partial charge on any atom is -0.465 e. The smallest absolute Gasteiger partial charge is 0.325 e. The van der Waals surface area contributed by atoms with Crippen LogP contribution in [-0.2, 0) is 16.1 Å². The Morgan fingerprint density at radius 3 is 2.62 bits per heavy atom. The molecule has 2 aromatic heterocycles. The molecule has 0 atom stereocenters. The molecular formula is C25H28N2O5. The molecule has 0 unspecified atom stereocenters. The van der Waals surface area contributed by atoms with Gasteiger partial charge in [-0.3, -0.25) is 14.6 Å². The van der Waals surface area contributed by atoms with Crippen molar-refractivity contribution in [2.75, 3.05) is 13.2 Å². The Hall–Kier alpha value is -3.61. The second-order valence-electron chi connectivity index (χ2n) is 7.69. The van der Waals surface area contributed by atoms with Crippen LogP contribution in [0.4, 0.5) is 0 Å². The van der Waals surface area contributed by atoms with E-state index in [-0.39, 0.29) is 31.4 Å². The molecule has 0 aliphatic rings. The number of pyridine rings is 1. The van der Waals surface area contributed by atoms with Gasteiger partial charge in [-0.2, -0.15) is 0 Å². The Kier molecular flexibility index (Phi) is 7.65. The van der Waals surface area contributed by atoms with E-state index in [1.165, 1.54) is 11.0 Å². The number of carbonyl (C=O) groups is 2. The normalized spacial score (nSPS) is 10.8. The van der Waals surface area contributed by atoms with Gasteiger partial charge in [0.15, 0.2) is 5.76 Å². The first-order chi connectivity index (χ1) is 15.4. The van der Waals surface area contributed by atoms with Gasteiger partial charge in [0.25, 0.3) is 11.9 Å². The van der Waals surface area contributed by atoms with E-state index in [0.717, 1.165) is 11.1 Å². The third-order valence-corrected chi connectivity index (χ3v) is 4.87. The van der Waals surface area contributed by atoms with Crippen LogP contribution in [0, 0.1) is 6.92 Å². The molecule has 1 amide bonds. The highest BCUT2D eigenvalue weighted by molar-refractivity contribution is 5.93. The molecule has 1 aromatic carbocycles. The summed E-state index contributed by atoms with van der Waals surface area (Å²) < 4.78 is 16.6. The molecule has 7 nitrogen and oxygen atoms in total. The molecule has 0 bridgehead atoms. The Labute approximate surface area is 188 Å². The number of carbonyl (C=O) groups excluding carboxylic acids is 2. The van der Waals surface area contributed by atoms with Crippen molar-refractivity contribution in [3.05, 3.63) is 77.3 Å². The maximum atomic E-state index is 13.1. The molecule has 0 aliphatic carbocycles. The van der Waals surface area contributed by atoms with E-state index >= 15 is 0 Å². The predicted molar refractivity (Wildman–Crippen MR) is 120 cm³/mol. The SMILES string of the molecule is CCOC(=O)CN(Cc1ccccn1)C(=O)c1ccc(Oc2cc(C(C)C)ccc2C)o1. The highest BCUT2D eigenvalue weighted by Gasteiger charge is 2.24. The van der Waals surface area contributed by atoms with Gasteiger partial charge in [0.1, 0.15) is 12.3 Å². The molecule has 168 valence electrons. The lowest BCUT2D eigenvalue weighted by atomic mass is 10.0. The average Bonchev–Trinajstić information content (AvgIpc) is 3.23. The molecular weight excluding hydrogens is 408 g/mol. The van der Waals surface area contributed by atoms with Crippen LogP contribution in [0.25, 0.3) is 0 Å². The van der Waals surface area contributed by atoms with Crippen molar-refractivity contribution >= 4 is 11.9 Å². The summed E-state index contributed by atoms with van der Waals surface area (Å²) in [4.78, 5) is 30.7. The van der Waals surface area contributed by atoms with E-state index in [0.29, 0.717) is 17.4 Å². The molecule has 3 aromatic rings. The van der Waals surface area contributed by atoms with Gasteiger partial charge in [-0.25, -0.2) is 0 Å². The summed E-state index contributed by atoms with van der Waals surface area (Å²) in [5.41, 5.74) is 2.75. The number of ether oxygens (including phenoxy) is 2. The number of hydrogen-bond donors (Lipinski definition) is 0. The van der Waals surface area contributed by atoms with Crippen LogP contribution in [0.5, 0.6) is 11.7 Å². The van der Waals surface area contributed by atoms with E-state index < -0.39 is 11.9 Å². The fourth-order valence-corrected chi connectivity index (χ4v) is 3.09. The fraction of sp³-hybridized carbons (Fsp3) is 0.320. The molecule has 3 rings (SSSR count). The van der Waals surface area contributed by atoms with Crippen LogP contribution in [0.3, 0.4) is 0 Å². The van der Waals surface area contributed by atoms with Gasteiger partial charge >= 0.3 is 5.97 Å². The Bertz CT molecular complexity index is 1060. The highest BCUT2D eigenvalue weighted by Crippen LogP contribution is 2.30. The first-order valence-electron chi connectivity index (χ1n) is 10.6. The molecule has 0 radical (unpaired) electrons. The molecule has 7 heteroatoms. The van der Waals surface area contributed by atoms with E-state index in [4.69, 9.17) is 13.9 Å². The number of rotatable bonds is 9. The summed E-state index contributed by atoms with van der Waals surface area (Å²) in [7, 11) is 0. The van der Waals surface area contributed by atoms with Gasteiger partial charge in [-0.05, 0) is 55.2 Å². The van der Waals surface area contributed by atoms with E-state index in [2.05, 4.69) is 24.9 Å². The number of aromatic nitrogens is 1. The quantitative estimate of drug-likeness (QED) is 0.434. The maximum absolute atomic E-state index is 13.1. The maximum Gasteiger partial charge on any atom is 0.325 e. The number of furan rings is 1. The number of esters is 1. The minimum absolute atomic E-state index is 0.0675. The van der Waals surface area contributed by atoms with Crippen molar-refractivity contribution in [1.82, 2.24) is 9.88 Å². The molecule has 2 heterocycles. The van der Waals surface area contributed by atoms with Crippen LogP contribution in [0.15, 0.2) is 59.1 Å². The van der Waals surface area contributed by atoms with Crippen LogP contribution in [0.1, 0.15) is 54.1 Å². The fourth-order valence-electron chi connectivity index (χ4n) is 3.09. The summed E-state index contributed by atoms with van der Waals surface area (Å²) in [6, 6.07) is 14.6. The molecule has 32 heavy (non-hydrogen) atoms. The number of amides is 1. The first-order valence-corrected chi connectivity index (χ1v) is 10.6. The van der Waals surface area contributed by atoms with Gasteiger partial charge in [0, 0.05) is 12.3 Å². The Balaban J connectivity index is 1.79. The standard InChI is InChI=1S/C25H28N2O5/c1-5-30-23(28)16-27(15-20-8-6-7-13-26-20)25(29)21-11-12-24(31-21)32-22-14-19(17(2)3)10-9-18(22)4/h6-14,17H,5,15-16H2,1-4H3. The van der Waals surface area contributed by atoms with Crippen molar-refractivity contribution < 1.29 is 23.5 Å². The van der Waals surface area contributed by atoms with Gasteiger partial charge in [-0.15, -0.1) is 0 Å². The summed E-state index contributed by atoms with van der Waals surface area (Å²) in [5, 5.41) is 0. The Morgan fingerprint density at radius 2 is 1.94 bits per heavy atom. The van der Waals surface area contributed by atoms with Gasteiger partial charge in [0.05, 0.1) is 18.8 Å². The summed E-state index contributed by atoms with van der Waals surface area (Å²) >= 11 is 0. The lowest BCUT2D eigenvalue weighted by molar-refractivity contribution is -0.144. The average molecular weight is 437 g/mol. The van der Waals surface area contributed by atoms with Gasteiger partial charge in [0.2, 0.25) is 0 Å². The van der Waals surface area contributed by atoms with Crippen molar-refractivity contribution in [3.8, 4) is 11.7 Å². The second kappa shape index (κ2) is 10.6. The Morgan fingerprint density at radius 1 is 1.12 bits per heavy atom. The summed E-state index contributed by atoms with van der Waals surface area (Å²) in [5.74, 6) is 0.340. The molecule has 0 N–H and O–H groups in total. The zero-order chi connectivity index (χ0) is 23.1. The molecule has 0 fully saturated rings. The van der Waals surface area contributed by atoms with E-state index in [1.54, 1.807) is 31.3 Å². The predicted octanol–water partition coefficient (Wildman–Crippen LogP) is 5.10. The van der Waals surface area contributed by atoms with Gasteiger partial charge < -0.3 is 18.8 Å². The third kappa shape index (κ3) is 5.97. The molecule has 0 saturated heterocycles. The lowest BCUT2D eigenvalue weighted by Gasteiger charge is -2.20. The van der Waals surface area contributed by atoms with Crippen LogP contribution in [-0.4, -0.2) is 34.9 Å².